The highest BCUT2D eigenvalue weighted by Crippen LogP contribution is 2.13. The number of hydrogen-bond acceptors (Lipinski definition) is 4. The number of hydrogen-bond donors (Lipinski definition) is 2. The Balaban J connectivity index is 2.34. The van der Waals surface area contributed by atoms with Crippen molar-refractivity contribution >= 4 is 23.6 Å². The fourth-order valence-corrected chi connectivity index (χ4v) is 2.02. The largest absolute Gasteiger partial charge is 0.491 e. The van der Waals surface area contributed by atoms with Crippen LogP contribution in [0.3, 0.4) is 0 Å². The van der Waals surface area contributed by atoms with Crippen molar-refractivity contribution in [1.29, 1.82) is 0 Å². The summed E-state index contributed by atoms with van der Waals surface area (Å²) in [7, 11) is 0. The molecule has 0 unspecified atom stereocenters. The number of carboxylic acid groups (broad SMARTS) is 1. The van der Waals surface area contributed by atoms with Gasteiger partial charge < -0.3 is 15.2 Å². The van der Waals surface area contributed by atoms with Crippen LogP contribution in [-0.2, 0) is 4.79 Å². The van der Waals surface area contributed by atoms with E-state index in [4.69, 9.17) is 9.84 Å². The SMILES string of the molecule is CC(C)Oc1ccc(C(=O)NCCSCC(=O)O)cc1. The Morgan fingerprint density at radius 3 is 2.50 bits per heavy atom. The summed E-state index contributed by atoms with van der Waals surface area (Å²) in [5.74, 6) is 0.344. The van der Waals surface area contributed by atoms with Crippen molar-refractivity contribution in [3.05, 3.63) is 29.8 Å². The van der Waals surface area contributed by atoms with Crippen molar-refractivity contribution in [1.82, 2.24) is 5.32 Å². The van der Waals surface area contributed by atoms with Gasteiger partial charge in [-0.15, -0.1) is 11.8 Å². The van der Waals surface area contributed by atoms with E-state index >= 15 is 0 Å². The number of aliphatic carboxylic acids is 1. The summed E-state index contributed by atoms with van der Waals surface area (Å²) in [5, 5.41) is 11.2. The zero-order chi connectivity index (χ0) is 15.0. The molecule has 6 heteroatoms. The summed E-state index contributed by atoms with van der Waals surface area (Å²) in [6, 6.07) is 6.93. The molecule has 0 aliphatic rings. The highest BCUT2D eigenvalue weighted by Gasteiger charge is 2.06. The van der Waals surface area contributed by atoms with Gasteiger partial charge in [0.15, 0.2) is 0 Å². The summed E-state index contributed by atoms with van der Waals surface area (Å²) in [6.07, 6.45) is 0.0981. The van der Waals surface area contributed by atoms with Crippen molar-refractivity contribution in [2.75, 3.05) is 18.1 Å². The maximum absolute atomic E-state index is 11.8. The molecule has 110 valence electrons. The van der Waals surface area contributed by atoms with E-state index in [1.165, 1.54) is 11.8 Å². The number of nitrogens with one attached hydrogen (secondary N) is 1. The van der Waals surface area contributed by atoms with Crippen molar-refractivity contribution < 1.29 is 19.4 Å². The number of benzene rings is 1. The normalized spacial score (nSPS) is 10.3. The molecule has 0 aromatic heterocycles. The third-order valence-corrected chi connectivity index (χ3v) is 3.19. The predicted octanol–water partition coefficient (Wildman–Crippen LogP) is 2.02. The minimum absolute atomic E-state index is 0.0527. The number of rotatable bonds is 8. The monoisotopic (exact) mass is 297 g/mol. The molecular formula is C14H19NO4S. The smallest absolute Gasteiger partial charge is 0.313 e. The van der Waals surface area contributed by atoms with Crippen LogP contribution in [0.15, 0.2) is 24.3 Å². The zero-order valence-corrected chi connectivity index (χ0v) is 12.4. The molecule has 0 saturated carbocycles. The van der Waals surface area contributed by atoms with Gasteiger partial charge >= 0.3 is 5.97 Å². The molecule has 1 rings (SSSR count). The van der Waals surface area contributed by atoms with Crippen molar-refractivity contribution in [2.45, 2.75) is 20.0 Å². The molecule has 0 aliphatic heterocycles. The summed E-state index contributed by atoms with van der Waals surface area (Å²) in [6.45, 7) is 4.33. The summed E-state index contributed by atoms with van der Waals surface area (Å²) < 4.78 is 5.49. The Hall–Kier alpha value is -1.69. The minimum atomic E-state index is -0.845. The molecule has 0 spiro atoms. The lowest BCUT2D eigenvalue weighted by atomic mass is 10.2. The Morgan fingerprint density at radius 2 is 1.95 bits per heavy atom. The Bertz CT molecular complexity index is 445. The third-order valence-electron chi connectivity index (χ3n) is 2.25. The van der Waals surface area contributed by atoms with Crippen LogP contribution in [0.5, 0.6) is 5.75 Å². The van der Waals surface area contributed by atoms with E-state index in [-0.39, 0.29) is 17.8 Å². The fourth-order valence-electron chi connectivity index (χ4n) is 1.46. The number of thioether (sulfide) groups is 1. The van der Waals surface area contributed by atoms with Gasteiger partial charge in [0.05, 0.1) is 11.9 Å². The molecule has 5 nitrogen and oxygen atoms in total. The molecule has 2 N–H and O–H groups in total. The number of ether oxygens (including phenoxy) is 1. The zero-order valence-electron chi connectivity index (χ0n) is 11.6. The average Bonchev–Trinajstić information content (AvgIpc) is 2.38. The number of carbonyl (C=O) groups is 2. The number of carboxylic acids is 1. The van der Waals surface area contributed by atoms with E-state index in [1.54, 1.807) is 24.3 Å². The van der Waals surface area contributed by atoms with Crippen LogP contribution in [-0.4, -0.2) is 41.1 Å². The molecule has 0 bridgehead atoms. The van der Waals surface area contributed by atoms with Gasteiger partial charge in [-0.3, -0.25) is 9.59 Å². The second-order valence-electron chi connectivity index (χ2n) is 4.39. The maximum atomic E-state index is 11.8. The van der Waals surface area contributed by atoms with Gasteiger partial charge in [-0.05, 0) is 38.1 Å². The summed E-state index contributed by atoms with van der Waals surface area (Å²) in [5.41, 5.74) is 0.560. The molecule has 1 aromatic rings. The van der Waals surface area contributed by atoms with E-state index in [0.717, 1.165) is 5.75 Å². The van der Waals surface area contributed by atoms with Crippen molar-refractivity contribution in [3.63, 3.8) is 0 Å². The molecule has 0 fully saturated rings. The lowest BCUT2D eigenvalue weighted by Crippen LogP contribution is -2.25. The number of amides is 1. The first-order valence-corrected chi connectivity index (χ1v) is 7.49. The quantitative estimate of drug-likeness (QED) is 0.718. The summed E-state index contributed by atoms with van der Waals surface area (Å²) >= 11 is 1.27. The first-order chi connectivity index (χ1) is 9.49. The first kappa shape index (κ1) is 16.4. The number of carbonyl (C=O) groups excluding carboxylic acids is 1. The van der Waals surface area contributed by atoms with E-state index in [9.17, 15) is 9.59 Å². The molecule has 0 atom stereocenters. The molecule has 0 aliphatic carbocycles. The third kappa shape index (κ3) is 6.47. The highest BCUT2D eigenvalue weighted by atomic mass is 32.2. The van der Waals surface area contributed by atoms with Crippen LogP contribution in [0, 0.1) is 0 Å². The van der Waals surface area contributed by atoms with E-state index < -0.39 is 5.97 Å². The average molecular weight is 297 g/mol. The molecule has 0 heterocycles. The fraction of sp³-hybridized carbons (Fsp3) is 0.429. The highest BCUT2D eigenvalue weighted by molar-refractivity contribution is 7.99. The van der Waals surface area contributed by atoms with Crippen LogP contribution >= 0.6 is 11.8 Å². The van der Waals surface area contributed by atoms with Gasteiger partial charge in [0.1, 0.15) is 5.75 Å². The summed E-state index contributed by atoms with van der Waals surface area (Å²) in [4.78, 5) is 22.1. The lowest BCUT2D eigenvalue weighted by molar-refractivity contribution is -0.133. The van der Waals surface area contributed by atoms with Gasteiger partial charge in [-0.1, -0.05) is 0 Å². The molecule has 1 aromatic carbocycles. The first-order valence-electron chi connectivity index (χ1n) is 6.33. The van der Waals surface area contributed by atoms with Crippen molar-refractivity contribution in [3.8, 4) is 5.75 Å². The van der Waals surface area contributed by atoms with Gasteiger partial charge in [0, 0.05) is 17.9 Å². The molecule has 0 saturated heterocycles. The molecule has 20 heavy (non-hydrogen) atoms. The molecule has 1 amide bonds. The Morgan fingerprint density at radius 1 is 1.30 bits per heavy atom. The van der Waals surface area contributed by atoms with Gasteiger partial charge in [0.2, 0.25) is 0 Å². The van der Waals surface area contributed by atoms with Gasteiger partial charge in [0.25, 0.3) is 5.91 Å². The van der Waals surface area contributed by atoms with E-state index in [1.807, 2.05) is 13.8 Å². The van der Waals surface area contributed by atoms with Gasteiger partial charge in [-0.25, -0.2) is 0 Å². The van der Waals surface area contributed by atoms with E-state index in [0.29, 0.717) is 17.9 Å². The van der Waals surface area contributed by atoms with E-state index in [2.05, 4.69) is 5.32 Å². The van der Waals surface area contributed by atoms with Crippen LogP contribution in [0.2, 0.25) is 0 Å². The van der Waals surface area contributed by atoms with Gasteiger partial charge in [-0.2, -0.15) is 0 Å². The van der Waals surface area contributed by atoms with Crippen LogP contribution in [0.1, 0.15) is 24.2 Å². The van der Waals surface area contributed by atoms with Crippen LogP contribution < -0.4 is 10.1 Å². The minimum Gasteiger partial charge on any atom is -0.491 e. The molecule has 0 radical (unpaired) electrons. The second-order valence-corrected chi connectivity index (χ2v) is 5.50. The van der Waals surface area contributed by atoms with Crippen LogP contribution in [0.4, 0.5) is 0 Å². The predicted molar refractivity (Wildman–Crippen MR) is 79.5 cm³/mol. The Kier molecular flexibility index (Phi) is 6.93. The molecular weight excluding hydrogens is 278 g/mol. The van der Waals surface area contributed by atoms with Crippen LogP contribution in [0.25, 0.3) is 0 Å². The topological polar surface area (TPSA) is 75.6 Å². The standard InChI is InChI=1S/C14H19NO4S/c1-10(2)19-12-5-3-11(4-6-12)14(18)15-7-8-20-9-13(16)17/h3-6,10H,7-9H2,1-2H3,(H,15,18)(H,16,17). The van der Waals surface area contributed by atoms with Crippen molar-refractivity contribution in [2.24, 2.45) is 0 Å². The second kappa shape index (κ2) is 8.47. The maximum Gasteiger partial charge on any atom is 0.313 e. The lowest BCUT2D eigenvalue weighted by Gasteiger charge is -2.10. The Labute approximate surface area is 122 Å².